The lowest BCUT2D eigenvalue weighted by Crippen LogP contribution is -2.21. The molecule has 0 amide bonds. The number of carbonyl (C=O) groups is 1. The molecule has 5 nitrogen and oxygen atoms in total. The molecule has 1 aromatic carbocycles. The SMILES string of the molecule is O=Cc1cc2c(cc1OCC1CCOCC1)OCO2. The Morgan fingerprint density at radius 3 is 2.68 bits per heavy atom. The van der Waals surface area contributed by atoms with E-state index in [2.05, 4.69) is 0 Å². The van der Waals surface area contributed by atoms with Crippen molar-refractivity contribution in [3.05, 3.63) is 17.7 Å². The second-order valence-corrected chi connectivity index (χ2v) is 4.73. The summed E-state index contributed by atoms with van der Waals surface area (Å²) in [6.45, 7) is 2.37. The highest BCUT2D eigenvalue weighted by Gasteiger charge is 2.19. The minimum atomic E-state index is 0.192. The Balaban J connectivity index is 1.70. The highest BCUT2D eigenvalue weighted by Crippen LogP contribution is 2.37. The predicted octanol–water partition coefficient (Wildman–Crippen LogP) is 2.03. The monoisotopic (exact) mass is 264 g/mol. The molecular weight excluding hydrogens is 248 g/mol. The summed E-state index contributed by atoms with van der Waals surface area (Å²) >= 11 is 0. The van der Waals surface area contributed by atoms with Gasteiger partial charge in [0.25, 0.3) is 0 Å². The van der Waals surface area contributed by atoms with E-state index in [-0.39, 0.29) is 6.79 Å². The normalized spacial score (nSPS) is 18.3. The van der Waals surface area contributed by atoms with Gasteiger partial charge in [-0.1, -0.05) is 0 Å². The zero-order valence-electron chi connectivity index (χ0n) is 10.6. The summed E-state index contributed by atoms with van der Waals surface area (Å²) in [6.07, 6.45) is 2.78. The first-order valence-electron chi connectivity index (χ1n) is 6.46. The molecule has 3 rings (SSSR count). The maximum Gasteiger partial charge on any atom is 0.231 e. The van der Waals surface area contributed by atoms with Gasteiger partial charge in [0.15, 0.2) is 17.8 Å². The van der Waals surface area contributed by atoms with Gasteiger partial charge in [-0.05, 0) is 24.8 Å². The van der Waals surface area contributed by atoms with E-state index in [9.17, 15) is 4.79 Å². The standard InChI is InChI=1S/C14H16O5/c15-7-11-5-13-14(19-9-18-13)6-12(11)17-8-10-1-3-16-4-2-10/h5-7,10H,1-4,8-9H2. The van der Waals surface area contributed by atoms with Crippen molar-refractivity contribution in [1.82, 2.24) is 0 Å². The second kappa shape index (κ2) is 5.48. The van der Waals surface area contributed by atoms with E-state index in [1.165, 1.54) is 0 Å². The number of benzene rings is 1. The van der Waals surface area contributed by atoms with E-state index >= 15 is 0 Å². The third-order valence-corrected chi connectivity index (χ3v) is 3.45. The lowest BCUT2D eigenvalue weighted by molar-refractivity contribution is 0.0496. The molecule has 0 atom stereocenters. The number of rotatable bonds is 4. The number of aldehydes is 1. The molecule has 0 aromatic heterocycles. The molecule has 102 valence electrons. The van der Waals surface area contributed by atoms with E-state index in [0.29, 0.717) is 35.3 Å². The van der Waals surface area contributed by atoms with Gasteiger partial charge in [-0.15, -0.1) is 0 Å². The van der Waals surface area contributed by atoms with Gasteiger partial charge in [-0.3, -0.25) is 4.79 Å². The molecule has 2 aliphatic rings. The van der Waals surface area contributed by atoms with Gasteiger partial charge >= 0.3 is 0 Å². The maximum atomic E-state index is 11.1. The van der Waals surface area contributed by atoms with Crippen LogP contribution in [0.3, 0.4) is 0 Å². The van der Waals surface area contributed by atoms with Gasteiger partial charge in [-0.2, -0.15) is 0 Å². The minimum Gasteiger partial charge on any atom is -0.492 e. The van der Waals surface area contributed by atoms with E-state index in [1.807, 2.05) is 0 Å². The fraction of sp³-hybridized carbons (Fsp3) is 0.500. The fourth-order valence-electron chi connectivity index (χ4n) is 2.28. The Hall–Kier alpha value is -1.75. The molecule has 0 N–H and O–H groups in total. The van der Waals surface area contributed by atoms with Crippen LogP contribution >= 0.6 is 0 Å². The Labute approximate surface area is 111 Å². The second-order valence-electron chi connectivity index (χ2n) is 4.73. The number of hydrogen-bond acceptors (Lipinski definition) is 5. The molecule has 0 bridgehead atoms. The topological polar surface area (TPSA) is 54.0 Å². The first-order chi connectivity index (χ1) is 9.36. The van der Waals surface area contributed by atoms with Crippen molar-refractivity contribution < 1.29 is 23.7 Å². The van der Waals surface area contributed by atoms with Gasteiger partial charge in [-0.25, -0.2) is 0 Å². The average Bonchev–Trinajstić information content (AvgIpc) is 2.92. The number of fused-ring (bicyclic) bond motifs is 1. The Kier molecular flexibility index (Phi) is 3.55. The van der Waals surface area contributed by atoms with Crippen LogP contribution in [0.25, 0.3) is 0 Å². The average molecular weight is 264 g/mol. The summed E-state index contributed by atoms with van der Waals surface area (Å²) < 4.78 is 21.6. The van der Waals surface area contributed by atoms with Crippen LogP contribution in [0.15, 0.2) is 12.1 Å². The zero-order valence-corrected chi connectivity index (χ0v) is 10.6. The van der Waals surface area contributed by atoms with Gasteiger partial charge < -0.3 is 18.9 Å². The quantitative estimate of drug-likeness (QED) is 0.779. The molecule has 5 heteroatoms. The van der Waals surface area contributed by atoms with Crippen molar-refractivity contribution in [3.63, 3.8) is 0 Å². The predicted molar refractivity (Wildman–Crippen MR) is 67.0 cm³/mol. The van der Waals surface area contributed by atoms with Crippen LogP contribution < -0.4 is 14.2 Å². The number of carbonyl (C=O) groups excluding carboxylic acids is 1. The van der Waals surface area contributed by atoms with Crippen LogP contribution in [-0.2, 0) is 4.74 Å². The largest absolute Gasteiger partial charge is 0.492 e. The zero-order chi connectivity index (χ0) is 13.1. The molecule has 1 aromatic rings. The van der Waals surface area contributed by atoms with Crippen molar-refractivity contribution >= 4 is 6.29 Å². The number of hydrogen-bond donors (Lipinski definition) is 0. The summed E-state index contributed by atoms with van der Waals surface area (Å²) in [5.41, 5.74) is 0.497. The molecule has 1 fully saturated rings. The molecule has 0 spiro atoms. The van der Waals surface area contributed by atoms with Crippen LogP contribution in [-0.4, -0.2) is 32.9 Å². The molecule has 1 saturated heterocycles. The van der Waals surface area contributed by atoms with Crippen molar-refractivity contribution in [2.24, 2.45) is 5.92 Å². The Bertz CT molecular complexity index is 465. The van der Waals surface area contributed by atoms with Gasteiger partial charge in [0.2, 0.25) is 6.79 Å². The van der Waals surface area contributed by atoms with E-state index in [0.717, 1.165) is 32.3 Å². The first kappa shape index (κ1) is 12.3. The summed E-state index contributed by atoms with van der Waals surface area (Å²) in [5, 5.41) is 0. The molecule has 19 heavy (non-hydrogen) atoms. The molecule has 2 heterocycles. The summed E-state index contributed by atoms with van der Waals surface area (Å²) in [4.78, 5) is 11.1. The molecule has 0 saturated carbocycles. The Morgan fingerprint density at radius 2 is 1.95 bits per heavy atom. The summed E-state index contributed by atoms with van der Waals surface area (Å²) in [6, 6.07) is 3.39. The summed E-state index contributed by atoms with van der Waals surface area (Å²) in [5.74, 6) is 2.28. The van der Waals surface area contributed by atoms with Crippen LogP contribution in [0.4, 0.5) is 0 Å². The highest BCUT2D eigenvalue weighted by molar-refractivity contribution is 5.81. The third-order valence-electron chi connectivity index (χ3n) is 3.45. The lowest BCUT2D eigenvalue weighted by Gasteiger charge is -2.22. The molecule has 0 radical (unpaired) electrons. The maximum absolute atomic E-state index is 11.1. The van der Waals surface area contributed by atoms with E-state index in [1.54, 1.807) is 12.1 Å². The molecule has 0 aliphatic carbocycles. The van der Waals surface area contributed by atoms with Crippen LogP contribution in [0.5, 0.6) is 17.2 Å². The van der Waals surface area contributed by atoms with E-state index < -0.39 is 0 Å². The van der Waals surface area contributed by atoms with Crippen molar-refractivity contribution in [2.45, 2.75) is 12.8 Å². The molecule has 2 aliphatic heterocycles. The van der Waals surface area contributed by atoms with Crippen LogP contribution in [0.1, 0.15) is 23.2 Å². The van der Waals surface area contributed by atoms with Gasteiger partial charge in [0.05, 0.1) is 12.2 Å². The van der Waals surface area contributed by atoms with Crippen LogP contribution in [0, 0.1) is 5.92 Å². The highest BCUT2D eigenvalue weighted by atomic mass is 16.7. The van der Waals surface area contributed by atoms with Gasteiger partial charge in [0.1, 0.15) is 5.75 Å². The lowest BCUT2D eigenvalue weighted by atomic mass is 10.0. The Morgan fingerprint density at radius 1 is 1.21 bits per heavy atom. The smallest absolute Gasteiger partial charge is 0.231 e. The number of ether oxygens (including phenoxy) is 4. The molecular formula is C14H16O5. The van der Waals surface area contributed by atoms with Crippen molar-refractivity contribution in [2.75, 3.05) is 26.6 Å². The molecule has 0 unspecified atom stereocenters. The van der Waals surface area contributed by atoms with Crippen molar-refractivity contribution in [3.8, 4) is 17.2 Å². The van der Waals surface area contributed by atoms with E-state index in [4.69, 9.17) is 18.9 Å². The van der Waals surface area contributed by atoms with Gasteiger partial charge in [0, 0.05) is 19.3 Å². The minimum absolute atomic E-state index is 0.192. The van der Waals surface area contributed by atoms with Crippen molar-refractivity contribution in [1.29, 1.82) is 0 Å². The summed E-state index contributed by atoms with van der Waals surface area (Å²) in [7, 11) is 0. The third kappa shape index (κ3) is 2.66. The van der Waals surface area contributed by atoms with Crippen LogP contribution in [0.2, 0.25) is 0 Å². The fourth-order valence-corrected chi connectivity index (χ4v) is 2.28. The first-order valence-corrected chi connectivity index (χ1v) is 6.46.